The largest absolute Gasteiger partial charge is 0.263 e. The van der Waals surface area contributed by atoms with E-state index in [1.165, 1.54) is 6.33 Å². The highest BCUT2D eigenvalue weighted by molar-refractivity contribution is 4.83. The first-order chi connectivity index (χ1) is 4.43. The Kier molecular flexibility index (Phi) is 2.01. The van der Waals surface area contributed by atoms with E-state index < -0.39 is 0 Å². The molecule has 1 aromatic rings. The summed E-state index contributed by atoms with van der Waals surface area (Å²) in [7, 11) is 0. The lowest BCUT2D eigenvalue weighted by atomic mass is 10.3. The van der Waals surface area contributed by atoms with Gasteiger partial charge in [-0.05, 0) is 6.42 Å². The molecule has 3 nitrogen and oxygen atoms in total. The van der Waals surface area contributed by atoms with Crippen molar-refractivity contribution in [2.75, 3.05) is 0 Å². The lowest BCUT2D eigenvalue weighted by molar-refractivity contribution is 0.887. The molecule has 0 amide bonds. The van der Waals surface area contributed by atoms with Crippen LogP contribution in [-0.2, 0) is 6.42 Å². The van der Waals surface area contributed by atoms with Crippen LogP contribution < -0.4 is 0 Å². The normalized spacial score (nSPS) is 9.33. The molecule has 0 aliphatic rings. The molecule has 1 rings (SSSR count). The van der Waals surface area contributed by atoms with Gasteiger partial charge in [-0.25, -0.2) is 4.98 Å². The number of nitrogens with zero attached hydrogens (tertiary/aromatic N) is 2. The lowest BCUT2D eigenvalue weighted by Crippen LogP contribution is -1.85. The topological polar surface area (TPSA) is 41.6 Å². The summed E-state index contributed by atoms with van der Waals surface area (Å²) in [5, 5.41) is 6.47. The lowest BCUT2D eigenvalue weighted by Gasteiger charge is -1.86. The van der Waals surface area contributed by atoms with E-state index in [4.69, 9.17) is 0 Å². The van der Waals surface area contributed by atoms with Crippen molar-refractivity contribution in [3.63, 3.8) is 0 Å². The van der Waals surface area contributed by atoms with Gasteiger partial charge in [0.25, 0.3) is 0 Å². The first-order valence-corrected chi connectivity index (χ1v) is 2.88. The average Bonchev–Trinajstić information content (AvgIpc) is 2.34. The SMILES string of the molecule is C=CCCc1ncn[nH]1. The van der Waals surface area contributed by atoms with Crippen molar-refractivity contribution in [3.8, 4) is 0 Å². The summed E-state index contributed by atoms with van der Waals surface area (Å²) in [5.74, 6) is 0.926. The fraction of sp³-hybridized carbons (Fsp3) is 0.333. The van der Waals surface area contributed by atoms with Crippen LogP contribution in [0.15, 0.2) is 19.0 Å². The molecule has 0 saturated heterocycles. The van der Waals surface area contributed by atoms with Crippen molar-refractivity contribution in [1.29, 1.82) is 0 Å². The summed E-state index contributed by atoms with van der Waals surface area (Å²) in [6.45, 7) is 3.60. The summed E-state index contributed by atoms with van der Waals surface area (Å²) in [6, 6.07) is 0. The van der Waals surface area contributed by atoms with Crippen LogP contribution in [0.25, 0.3) is 0 Å². The van der Waals surface area contributed by atoms with E-state index in [-0.39, 0.29) is 0 Å². The maximum absolute atomic E-state index is 3.94. The van der Waals surface area contributed by atoms with Gasteiger partial charge in [0.05, 0.1) is 0 Å². The zero-order valence-corrected chi connectivity index (χ0v) is 5.17. The summed E-state index contributed by atoms with van der Waals surface area (Å²) >= 11 is 0. The zero-order valence-electron chi connectivity index (χ0n) is 5.17. The van der Waals surface area contributed by atoms with Gasteiger partial charge in [0.2, 0.25) is 0 Å². The van der Waals surface area contributed by atoms with E-state index in [9.17, 15) is 0 Å². The molecule has 1 N–H and O–H groups in total. The van der Waals surface area contributed by atoms with Gasteiger partial charge < -0.3 is 0 Å². The van der Waals surface area contributed by atoms with Gasteiger partial charge in [0.1, 0.15) is 12.2 Å². The monoisotopic (exact) mass is 123 g/mol. The Balaban J connectivity index is 2.38. The van der Waals surface area contributed by atoms with E-state index >= 15 is 0 Å². The van der Waals surface area contributed by atoms with Crippen LogP contribution in [0.5, 0.6) is 0 Å². The molecule has 9 heavy (non-hydrogen) atoms. The third-order valence-electron chi connectivity index (χ3n) is 1.05. The first-order valence-electron chi connectivity index (χ1n) is 2.88. The van der Waals surface area contributed by atoms with Gasteiger partial charge in [-0.1, -0.05) is 6.08 Å². The number of rotatable bonds is 3. The van der Waals surface area contributed by atoms with E-state index in [0.717, 1.165) is 18.7 Å². The average molecular weight is 123 g/mol. The fourth-order valence-electron chi connectivity index (χ4n) is 0.590. The molecule has 0 unspecified atom stereocenters. The van der Waals surface area contributed by atoms with Crippen LogP contribution in [0.4, 0.5) is 0 Å². The van der Waals surface area contributed by atoms with Crippen molar-refractivity contribution in [2.24, 2.45) is 0 Å². The molecular formula is C6H9N3. The molecule has 0 aliphatic carbocycles. The van der Waals surface area contributed by atoms with E-state index in [1.807, 2.05) is 6.08 Å². The molecule has 0 aliphatic heterocycles. The van der Waals surface area contributed by atoms with Crippen LogP contribution in [0.3, 0.4) is 0 Å². The second kappa shape index (κ2) is 3.02. The quantitative estimate of drug-likeness (QED) is 0.607. The number of nitrogens with one attached hydrogen (secondary N) is 1. The van der Waals surface area contributed by atoms with E-state index in [1.54, 1.807) is 0 Å². The van der Waals surface area contributed by atoms with Crippen LogP contribution in [0, 0.1) is 0 Å². The number of allylic oxidation sites excluding steroid dienone is 1. The van der Waals surface area contributed by atoms with E-state index in [2.05, 4.69) is 21.8 Å². The van der Waals surface area contributed by atoms with Crippen molar-refractivity contribution in [3.05, 3.63) is 24.8 Å². The molecule has 0 atom stereocenters. The molecular weight excluding hydrogens is 114 g/mol. The van der Waals surface area contributed by atoms with Crippen molar-refractivity contribution in [1.82, 2.24) is 15.2 Å². The van der Waals surface area contributed by atoms with Gasteiger partial charge >= 0.3 is 0 Å². The first kappa shape index (κ1) is 6.01. The van der Waals surface area contributed by atoms with Gasteiger partial charge in [-0.3, -0.25) is 5.10 Å². The van der Waals surface area contributed by atoms with Gasteiger partial charge in [-0.15, -0.1) is 6.58 Å². The minimum atomic E-state index is 0.906. The molecule has 1 heterocycles. The number of H-pyrrole nitrogens is 1. The zero-order chi connectivity index (χ0) is 6.53. The molecule has 48 valence electrons. The number of aromatic nitrogens is 3. The highest BCUT2D eigenvalue weighted by atomic mass is 15.2. The van der Waals surface area contributed by atoms with Crippen LogP contribution in [0.2, 0.25) is 0 Å². The Hall–Kier alpha value is -1.12. The summed E-state index contributed by atoms with van der Waals surface area (Å²) in [5.41, 5.74) is 0. The standard InChI is InChI=1S/C6H9N3/c1-2-3-4-6-7-5-8-9-6/h2,5H,1,3-4H2,(H,7,8,9). The molecule has 0 bridgehead atoms. The van der Waals surface area contributed by atoms with Gasteiger partial charge in [0, 0.05) is 6.42 Å². The smallest absolute Gasteiger partial charge is 0.137 e. The maximum Gasteiger partial charge on any atom is 0.137 e. The number of hydrogen-bond acceptors (Lipinski definition) is 2. The van der Waals surface area contributed by atoms with Crippen LogP contribution >= 0.6 is 0 Å². The minimum absolute atomic E-state index is 0.906. The predicted octanol–water partition coefficient (Wildman–Crippen LogP) is 0.923. The highest BCUT2D eigenvalue weighted by Crippen LogP contribution is 1.91. The summed E-state index contributed by atoms with van der Waals surface area (Å²) in [4.78, 5) is 3.94. The molecule has 3 heteroatoms. The fourth-order valence-corrected chi connectivity index (χ4v) is 0.590. The number of aryl methyl sites for hydroxylation is 1. The molecule has 0 spiro atoms. The maximum atomic E-state index is 3.94. The van der Waals surface area contributed by atoms with Crippen LogP contribution in [0.1, 0.15) is 12.2 Å². The number of hydrogen-bond donors (Lipinski definition) is 1. The molecule has 0 saturated carbocycles. The third-order valence-corrected chi connectivity index (χ3v) is 1.05. The Bertz CT molecular complexity index is 166. The van der Waals surface area contributed by atoms with Crippen LogP contribution in [-0.4, -0.2) is 15.2 Å². The van der Waals surface area contributed by atoms with Gasteiger partial charge in [0.15, 0.2) is 0 Å². The third kappa shape index (κ3) is 1.68. The van der Waals surface area contributed by atoms with Crippen molar-refractivity contribution < 1.29 is 0 Å². The van der Waals surface area contributed by atoms with E-state index in [0.29, 0.717) is 0 Å². The second-order valence-electron chi connectivity index (χ2n) is 1.76. The Morgan fingerprint density at radius 2 is 2.67 bits per heavy atom. The molecule has 0 fully saturated rings. The minimum Gasteiger partial charge on any atom is -0.263 e. The molecule has 1 aromatic heterocycles. The Morgan fingerprint density at radius 3 is 3.22 bits per heavy atom. The molecule has 0 aromatic carbocycles. The second-order valence-corrected chi connectivity index (χ2v) is 1.76. The summed E-state index contributed by atoms with van der Waals surface area (Å²) in [6.07, 6.45) is 5.24. The Labute approximate surface area is 53.8 Å². The predicted molar refractivity (Wildman–Crippen MR) is 34.9 cm³/mol. The Morgan fingerprint density at radius 1 is 1.78 bits per heavy atom. The van der Waals surface area contributed by atoms with Crippen molar-refractivity contribution >= 4 is 0 Å². The van der Waals surface area contributed by atoms with Crippen molar-refractivity contribution in [2.45, 2.75) is 12.8 Å². The summed E-state index contributed by atoms with van der Waals surface area (Å²) < 4.78 is 0. The number of aromatic amines is 1. The molecule has 0 radical (unpaired) electrons. The van der Waals surface area contributed by atoms with Gasteiger partial charge in [-0.2, -0.15) is 5.10 Å². The highest BCUT2D eigenvalue weighted by Gasteiger charge is 1.89.